The van der Waals surface area contributed by atoms with Gasteiger partial charge in [0.1, 0.15) is 0 Å². The van der Waals surface area contributed by atoms with E-state index in [2.05, 4.69) is 52.5 Å². The van der Waals surface area contributed by atoms with Crippen molar-refractivity contribution in [1.29, 1.82) is 0 Å². The SMILES string of the molecule is CCCC(=O)N(CC1CC1(C)CCC=C(C)C)C(C)C. The molecule has 0 spiro atoms. The van der Waals surface area contributed by atoms with Gasteiger partial charge in [-0.1, -0.05) is 25.5 Å². The lowest BCUT2D eigenvalue weighted by Gasteiger charge is -2.28. The van der Waals surface area contributed by atoms with Crippen molar-refractivity contribution in [2.45, 2.75) is 79.7 Å². The molecular weight excluding hydrogens is 246 g/mol. The van der Waals surface area contributed by atoms with Crippen LogP contribution in [0, 0.1) is 11.3 Å². The highest BCUT2D eigenvalue weighted by Crippen LogP contribution is 2.56. The minimum Gasteiger partial charge on any atom is -0.340 e. The molecule has 0 aromatic carbocycles. The molecule has 116 valence electrons. The fourth-order valence-corrected chi connectivity index (χ4v) is 2.98. The molecule has 0 saturated heterocycles. The van der Waals surface area contributed by atoms with Crippen LogP contribution in [0.1, 0.15) is 73.6 Å². The average molecular weight is 279 g/mol. The van der Waals surface area contributed by atoms with E-state index in [1.807, 2.05) is 0 Å². The summed E-state index contributed by atoms with van der Waals surface area (Å²) in [6.07, 6.45) is 7.70. The Labute approximate surface area is 125 Å². The van der Waals surface area contributed by atoms with E-state index >= 15 is 0 Å². The number of allylic oxidation sites excluding steroid dienone is 2. The van der Waals surface area contributed by atoms with Crippen LogP contribution in [-0.4, -0.2) is 23.4 Å². The third-order valence-corrected chi connectivity index (χ3v) is 4.63. The molecular formula is C18H33NO. The van der Waals surface area contributed by atoms with Gasteiger partial charge in [-0.3, -0.25) is 4.79 Å². The van der Waals surface area contributed by atoms with Crippen LogP contribution in [0.2, 0.25) is 0 Å². The Hall–Kier alpha value is -0.790. The molecule has 2 unspecified atom stereocenters. The number of rotatable bonds is 8. The van der Waals surface area contributed by atoms with Crippen LogP contribution in [0.25, 0.3) is 0 Å². The molecule has 1 fully saturated rings. The molecule has 2 heteroatoms. The van der Waals surface area contributed by atoms with Gasteiger partial charge in [0.25, 0.3) is 0 Å². The minimum atomic E-state index is 0.330. The Balaban J connectivity index is 2.48. The molecule has 1 aliphatic rings. The molecule has 1 saturated carbocycles. The minimum absolute atomic E-state index is 0.330. The molecule has 0 aromatic heterocycles. The third-order valence-electron chi connectivity index (χ3n) is 4.63. The van der Waals surface area contributed by atoms with Gasteiger partial charge in [0.15, 0.2) is 0 Å². The Bertz CT molecular complexity index is 354. The van der Waals surface area contributed by atoms with Gasteiger partial charge in [-0.05, 0) is 64.7 Å². The summed E-state index contributed by atoms with van der Waals surface area (Å²) in [6, 6.07) is 0.330. The third kappa shape index (κ3) is 4.96. The highest BCUT2D eigenvalue weighted by molar-refractivity contribution is 5.76. The van der Waals surface area contributed by atoms with Crippen molar-refractivity contribution in [1.82, 2.24) is 4.90 Å². The van der Waals surface area contributed by atoms with Crippen molar-refractivity contribution in [3.05, 3.63) is 11.6 Å². The summed E-state index contributed by atoms with van der Waals surface area (Å²) in [5.74, 6) is 1.04. The van der Waals surface area contributed by atoms with Gasteiger partial charge in [-0.2, -0.15) is 0 Å². The maximum Gasteiger partial charge on any atom is 0.222 e. The summed E-state index contributed by atoms with van der Waals surface area (Å²) in [7, 11) is 0. The first-order valence-electron chi connectivity index (χ1n) is 8.23. The van der Waals surface area contributed by atoms with Gasteiger partial charge in [0, 0.05) is 19.0 Å². The highest BCUT2D eigenvalue weighted by Gasteiger charge is 2.49. The predicted molar refractivity (Wildman–Crippen MR) is 86.6 cm³/mol. The molecule has 0 aliphatic heterocycles. The largest absolute Gasteiger partial charge is 0.340 e. The van der Waals surface area contributed by atoms with Crippen LogP contribution in [0.4, 0.5) is 0 Å². The van der Waals surface area contributed by atoms with Crippen molar-refractivity contribution >= 4 is 5.91 Å². The normalized spacial score (nSPS) is 24.6. The van der Waals surface area contributed by atoms with Crippen LogP contribution in [-0.2, 0) is 4.79 Å². The molecule has 1 amide bonds. The van der Waals surface area contributed by atoms with E-state index < -0.39 is 0 Å². The number of hydrogen-bond acceptors (Lipinski definition) is 1. The fraction of sp³-hybridized carbons (Fsp3) is 0.833. The molecule has 0 heterocycles. The second kappa shape index (κ2) is 7.28. The maximum absolute atomic E-state index is 12.2. The highest BCUT2D eigenvalue weighted by atomic mass is 16.2. The smallest absolute Gasteiger partial charge is 0.222 e. The van der Waals surface area contributed by atoms with E-state index in [0.717, 1.165) is 13.0 Å². The second-order valence-corrected chi connectivity index (χ2v) is 7.27. The zero-order valence-electron chi connectivity index (χ0n) is 14.3. The molecule has 0 aromatic rings. The van der Waals surface area contributed by atoms with Crippen molar-refractivity contribution in [3.8, 4) is 0 Å². The zero-order valence-corrected chi connectivity index (χ0v) is 14.3. The molecule has 2 atom stereocenters. The van der Waals surface area contributed by atoms with Gasteiger partial charge in [-0.25, -0.2) is 0 Å². The summed E-state index contributed by atoms with van der Waals surface area (Å²) >= 11 is 0. The Morgan fingerprint density at radius 3 is 2.55 bits per heavy atom. The van der Waals surface area contributed by atoms with Crippen molar-refractivity contribution in [2.24, 2.45) is 11.3 Å². The van der Waals surface area contributed by atoms with Crippen LogP contribution in [0.3, 0.4) is 0 Å². The molecule has 0 N–H and O–H groups in total. The fourth-order valence-electron chi connectivity index (χ4n) is 2.98. The lowest BCUT2D eigenvalue weighted by molar-refractivity contribution is -0.133. The number of amides is 1. The van der Waals surface area contributed by atoms with Gasteiger partial charge in [-0.15, -0.1) is 0 Å². The summed E-state index contributed by atoms with van der Waals surface area (Å²) in [5, 5.41) is 0. The van der Waals surface area contributed by atoms with Gasteiger partial charge < -0.3 is 4.90 Å². The zero-order chi connectivity index (χ0) is 15.3. The summed E-state index contributed by atoms with van der Waals surface area (Å²) < 4.78 is 0. The quantitative estimate of drug-likeness (QED) is 0.585. The van der Waals surface area contributed by atoms with Gasteiger partial charge in [0.2, 0.25) is 5.91 Å². The topological polar surface area (TPSA) is 20.3 Å². The standard InChI is InChI=1S/C18H33NO/c1-7-9-17(20)19(15(4)5)13-16-12-18(16,6)11-8-10-14(2)3/h10,15-16H,7-9,11-13H2,1-6H3. The lowest BCUT2D eigenvalue weighted by atomic mass is 9.98. The van der Waals surface area contributed by atoms with E-state index in [4.69, 9.17) is 0 Å². The predicted octanol–water partition coefficient (Wildman–Crippen LogP) is 4.80. The second-order valence-electron chi connectivity index (χ2n) is 7.27. The van der Waals surface area contributed by atoms with E-state index in [1.54, 1.807) is 0 Å². The molecule has 1 rings (SSSR count). The molecule has 20 heavy (non-hydrogen) atoms. The van der Waals surface area contributed by atoms with E-state index in [9.17, 15) is 4.79 Å². The average Bonchev–Trinajstić information content (AvgIpc) is 2.96. The van der Waals surface area contributed by atoms with E-state index in [0.29, 0.717) is 29.7 Å². The number of hydrogen-bond donors (Lipinski definition) is 0. The lowest BCUT2D eigenvalue weighted by Crippen LogP contribution is -2.38. The Kier molecular flexibility index (Phi) is 6.29. The van der Waals surface area contributed by atoms with Crippen molar-refractivity contribution in [2.75, 3.05) is 6.54 Å². The first-order valence-corrected chi connectivity index (χ1v) is 8.23. The van der Waals surface area contributed by atoms with Crippen LogP contribution in [0.15, 0.2) is 11.6 Å². The molecule has 0 radical (unpaired) electrons. The van der Waals surface area contributed by atoms with Gasteiger partial charge >= 0.3 is 0 Å². The van der Waals surface area contributed by atoms with Crippen LogP contribution < -0.4 is 0 Å². The maximum atomic E-state index is 12.2. The van der Waals surface area contributed by atoms with Gasteiger partial charge in [0.05, 0.1) is 0 Å². The van der Waals surface area contributed by atoms with Crippen LogP contribution >= 0.6 is 0 Å². The first-order chi connectivity index (χ1) is 9.30. The molecule has 0 bridgehead atoms. The molecule has 2 nitrogen and oxygen atoms in total. The van der Waals surface area contributed by atoms with E-state index in [1.165, 1.54) is 24.8 Å². The number of carbonyl (C=O) groups excluding carboxylic acids is 1. The summed E-state index contributed by atoms with van der Waals surface area (Å²) in [6.45, 7) is 14.0. The summed E-state index contributed by atoms with van der Waals surface area (Å²) in [5.41, 5.74) is 1.87. The Morgan fingerprint density at radius 1 is 1.40 bits per heavy atom. The number of nitrogens with zero attached hydrogens (tertiary/aromatic N) is 1. The molecule has 1 aliphatic carbocycles. The first kappa shape index (κ1) is 17.3. The van der Waals surface area contributed by atoms with E-state index in [-0.39, 0.29) is 0 Å². The Morgan fingerprint density at radius 2 is 2.05 bits per heavy atom. The van der Waals surface area contributed by atoms with Crippen molar-refractivity contribution in [3.63, 3.8) is 0 Å². The van der Waals surface area contributed by atoms with Crippen molar-refractivity contribution < 1.29 is 4.79 Å². The summed E-state index contributed by atoms with van der Waals surface area (Å²) in [4.78, 5) is 14.3. The monoisotopic (exact) mass is 279 g/mol. The number of carbonyl (C=O) groups is 1. The van der Waals surface area contributed by atoms with Crippen LogP contribution in [0.5, 0.6) is 0 Å².